The predicted octanol–water partition coefficient (Wildman–Crippen LogP) is 4.27. The smallest absolute Gasteiger partial charge is 0.269 e. The molecule has 1 saturated carbocycles. The quantitative estimate of drug-likeness (QED) is 0.314. The number of rotatable bonds is 8. The van der Waals surface area contributed by atoms with Crippen LogP contribution >= 0.6 is 0 Å². The van der Waals surface area contributed by atoms with Crippen LogP contribution in [0.5, 0.6) is 0 Å². The van der Waals surface area contributed by atoms with E-state index in [0.29, 0.717) is 17.2 Å². The van der Waals surface area contributed by atoms with E-state index in [0.717, 1.165) is 42.5 Å². The molecule has 3 atom stereocenters. The summed E-state index contributed by atoms with van der Waals surface area (Å²) >= 11 is 0. The predicted molar refractivity (Wildman–Crippen MR) is 135 cm³/mol. The zero-order valence-corrected chi connectivity index (χ0v) is 19.9. The number of alkyl halides is 2. The first kappa shape index (κ1) is 25.5. The molecular formula is C26H30F2N6O2. The van der Waals surface area contributed by atoms with E-state index in [2.05, 4.69) is 20.6 Å². The molecule has 1 amide bonds. The standard InChI is InChI=1S/C26H30F2N6O2/c1-14-18(15-6-8-16(9-7-15)24(35)25(27)28)10-11-22(32-14)34-21-12-17(13-31-23(21)26(30)36)33-20-5-3-2-4-19(20)29/h6-13,19-20,24-25,33,35H,2-5,29H2,1H3,(H2,30,36)(H,32,34)/t19-,20+,24?/m0/s1. The maximum Gasteiger partial charge on any atom is 0.269 e. The third-order valence-electron chi connectivity index (χ3n) is 6.44. The molecule has 7 N–H and O–H groups in total. The van der Waals surface area contributed by atoms with Crippen molar-refractivity contribution in [2.75, 3.05) is 10.6 Å². The van der Waals surface area contributed by atoms with Gasteiger partial charge in [0.2, 0.25) is 0 Å². The van der Waals surface area contributed by atoms with Gasteiger partial charge in [0.15, 0.2) is 5.69 Å². The van der Waals surface area contributed by atoms with Crippen LogP contribution in [-0.4, -0.2) is 39.5 Å². The molecule has 4 rings (SSSR count). The van der Waals surface area contributed by atoms with Crippen LogP contribution in [0, 0.1) is 6.92 Å². The number of pyridine rings is 2. The highest BCUT2D eigenvalue weighted by Crippen LogP contribution is 2.29. The zero-order valence-electron chi connectivity index (χ0n) is 19.9. The summed E-state index contributed by atoms with van der Waals surface area (Å²) in [5.74, 6) is -0.186. The van der Waals surface area contributed by atoms with E-state index in [1.54, 1.807) is 30.5 Å². The fourth-order valence-corrected chi connectivity index (χ4v) is 4.47. The SMILES string of the molecule is Cc1nc(Nc2cc(N[C@@H]3CCCC[C@@H]3N)cnc2C(N)=O)ccc1-c1ccc(C(O)C(F)F)cc1. The average molecular weight is 497 g/mol. The van der Waals surface area contributed by atoms with Crippen molar-refractivity contribution in [3.63, 3.8) is 0 Å². The highest BCUT2D eigenvalue weighted by Gasteiger charge is 2.22. The molecule has 0 saturated heterocycles. The average Bonchev–Trinajstić information content (AvgIpc) is 2.85. The van der Waals surface area contributed by atoms with E-state index >= 15 is 0 Å². The molecule has 1 aromatic carbocycles. The maximum absolute atomic E-state index is 12.8. The van der Waals surface area contributed by atoms with Crippen molar-refractivity contribution in [1.82, 2.24) is 9.97 Å². The van der Waals surface area contributed by atoms with Crippen LogP contribution in [0.2, 0.25) is 0 Å². The van der Waals surface area contributed by atoms with Gasteiger partial charge in [-0.25, -0.2) is 18.7 Å². The first-order chi connectivity index (χ1) is 17.2. The lowest BCUT2D eigenvalue weighted by Gasteiger charge is -2.30. The topological polar surface area (TPSA) is 139 Å². The molecule has 1 aliphatic carbocycles. The van der Waals surface area contributed by atoms with Crippen molar-refractivity contribution in [1.29, 1.82) is 0 Å². The van der Waals surface area contributed by atoms with Gasteiger partial charge in [-0.05, 0) is 49.1 Å². The Bertz CT molecular complexity index is 1220. The molecule has 1 fully saturated rings. The molecule has 10 heteroatoms. The minimum absolute atomic E-state index is 0.0514. The summed E-state index contributed by atoms with van der Waals surface area (Å²) in [6.45, 7) is 1.82. The van der Waals surface area contributed by atoms with E-state index in [1.165, 1.54) is 12.1 Å². The second-order valence-electron chi connectivity index (χ2n) is 9.04. The fraction of sp³-hybridized carbons (Fsp3) is 0.346. The van der Waals surface area contributed by atoms with Crippen molar-refractivity contribution in [2.45, 2.75) is 57.2 Å². The van der Waals surface area contributed by atoms with Gasteiger partial charge in [-0.1, -0.05) is 37.1 Å². The van der Waals surface area contributed by atoms with Gasteiger partial charge < -0.3 is 27.2 Å². The van der Waals surface area contributed by atoms with Crippen molar-refractivity contribution >= 4 is 23.1 Å². The lowest BCUT2D eigenvalue weighted by Crippen LogP contribution is -2.42. The van der Waals surface area contributed by atoms with Crippen LogP contribution in [0.4, 0.5) is 26.0 Å². The summed E-state index contributed by atoms with van der Waals surface area (Å²) in [5.41, 5.74) is 15.4. The summed E-state index contributed by atoms with van der Waals surface area (Å²) in [6.07, 6.45) is 1.05. The Morgan fingerprint density at radius 2 is 1.86 bits per heavy atom. The number of aryl methyl sites for hydroxylation is 1. The summed E-state index contributed by atoms with van der Waals surface area (Å²) in [4.78, 5) is 20.8. The minimum Gasteiger partial charge on any atom is -0.382 e. The number of benzene rings is 1. The Morgan fingerprint density at radius 1 is 1.14 bits per heavy atom. The number of nitrogens with two attached hydrogens (primary N) is 2. The number of halogens is 2. The van der Waals surface area contributed by atoms with Crippen LogP contribution in [0.25, 0.3) is 11.1 Å². The Labute approximate surface area is 208 Å². The maximum atomic E-state index is 12.8. The van der Waals surface area contributed by atoms with Crippen LogP contribution in [0.1, 0.15) is 53.5 Å². The van der Waals surface area contributed by atoms with Gasteiger partial charge in [-0.15, -0.1) is 0 Å². The van der Waals surface area contributed by atoms with Crippen LogP contribution < -0.4 is 22.1 Å². The molecule has 8 nitrogen and oxygen atoms in total. The number of hydrogen-bond donors (Lipinski definition) is 5. The second kappa shape index (κ2) is 11.0. The Kier molecular flexibility index (Phi) is 7.76. The molecule has 3 aromatic rings. The normalized spacial score (nSPS) is 18.6. The third-order valence-corrected chi connectivity index (χ3v) is 6.44. The highest BCUT2D eigenvalue weighted by atomic mass is 19.3. The largest absolute Gasteiger partial charge is 0.382 e. The molecule has 190 valence electrons. The number of carbonyl (C=O) groups is 1. The van der Waals surface area contributed by atoms with Crippen molar-refractivity contribution in [2.24, 2.45) is 11.5 Å². The zero-order chi connectivity index (χ0) is 25.8. The van der Waals surface area contributed by atoms with Gasteiger partial charge in [0.25, 0.3) is 12.3 Å². The Morgan fingerprint density at radius 3 is 2.50 bits per heavy atom. The van der Waals surface area contributed by atoms with E-state index in [1.807, 2.05) is 13.0 Å². The van der Waals surface area contributed by atoms with E-state index in [9.17, 15) is 18.7 Å². The summed E-state index contributed by atoms with van der Waals surface area (Å²) in [7, 11) is 0. The molecule has 2 heterocycles. The number of anilines is 3. The van der Waals surface area contributed by atoms with Gasteiger partial charge in [0, 0.05) is 23.3 Å². The number of carbonyl (C=O) groups excluding carboxylic acids is 1. The monoisotopic (exact) mass is 496 g/mol. The number of amides is 1. The number of aliphatic hydroxyl groups excluding tert-OH is 1. The number of nitrogens with zero attached hydrogens (tertiary/aromatic N) is 2. The number of nitrogens with one attached hydrogen (secondary N) is 2. The summed E-state index contributed by atoms with van der Waals surface area (Å²) < 4.78 is 25.5. The second-order valence-corrected chi connectivity index (χ2v) is 9.04. The summed E-state index contributed by atoms with van der Waals surface area (Å²) in [5, 5.41) is 16.1. The third kappa shape index (κ3) is 5.77. The number of aromatic nitrogens is 2. The molecule has 1 unspecified atom stereocenters. The van der Waals surface area contributed by atoms with Crippen LogP contribution in [0.15, 0.2) is 48.7 Å². The van der Waals surface area contributed by atoms with Gasteiger partial charge >= 0.3 is 0 Å². The first-order valence-electron chi connectivity index (χ1n) is 11.9. The number of hydrogen-bond acceptors (Lipinski definition) is 7. The Hall–Kier alpha value is -3.63. The van der Waals surface area contributed by atoms with Crippen molar-refractivity contribution in [3.8, 4) is 11.1 Å². The molecule has 0 bridgehead atoms. The summed E-state index contributed by atoms with van der Waals surface area (Å²) in [6, 6.07) is 11.8. The fourth-order valence-electron chi connectivity index (χ4n) is 4.47. The van der Waals surface area contributed by atoms with E-state index in [-0.39, 0.29) is 23.3 Å². The highest BCUT2D eigenvalue weighted by molar-refractivity contribution is 5.97. The minimum atomic E-state index is -2.85. The van der Waals surface area contributed by atoms with Crippen LogP contribution in [0.3, 0.4) is 0 Å². The molecule has 0 aliphatic heterocycles. The van der Waals surface area contributed by atoms with Gasteiger partial charge in [-0.3, -0.25) is 4.79 Å². The molecular weight excluding hydrogens is 466 g/mol. The van der Waals surface area contributed by atoms with Gasteiger partial charge in [-0.2, -0.15) is 0 Å². The van der Waals surface area contributed by atoms with E-state index in [4.69, 9.17) is 11.5 Å². The van der Waals surface area contributed by atoms with Crippen molar-refractivity contribution < 1.29 is 18.7 Å². The molecule has 36 heavy (non-hydrogen) atoms. The Balaban J connectivity index is 1.55. The lowest BCUT2D eigenvalue weighted by molar-refractivity contribution is -0.00577. The van der Waals surface area contributed by atoms with Crippen molar-refractivity contribution in [3.05, 3.63) is 65.6 Å². The van der Waals surface area contributed by atoms with E-state index < -0.39 is 18.4 Å². The number of aliphatic hydroxyl groups is 1. The molecule has 2 aromatic heterocycles. The van der Waals surface area contributed by atoms with Crippen LogP contribution in [-0.2, 0) is 0 Å². The molecule has 0 spiro atoms. The lowest BCUT2D eigenvalue weighted by atomic mass is 9.91. The van der Waals surface area contributed by atoms with Gasteiger partial charge in [0.05, 0.1) is 17.6 Å². The molecule has 0 radical (unpaired) electrons. The van der Waals surface area contributed by atoms with Gasteiger partial charge in [0.1, 0.15) is 11.9 Å². The first-order valence-corrected chi connectivity index (χ1v) is 11.9. The number of primary amides is 1. The molecule has 1 aliphatic rings.